The van der Waals surface area contributed by atoms with Gasteiger partial charge in [-0.3, -0.25) is 14.5 Å². The molecule has 0 unspecified atom stereocenters. The number of rotatable bonds is 8. The van der Waals surface area contributed by atoms with Crippen LogP contribution in [0.4, 0.5) is 14.5 Å². The van der Waals surface area contributed by atoms with E-state index in [4.69, 9.17) is 0 Å². The summed E-state index contributed by atoms with van der Waals surface area (Å²) in [6.07, 6.45) is 4.63. The number of imidazole rings is 1. The average Bonchev–Trinajstić information content (AvgIpc) is 3.20. The van der Waals surface area contributed by atoms with E-state index < -0.39 is 38.7 Å². The molecule has 0 amide bonds. The summed E-state index contributed by atoms with van der Waals surface area (Å²) in [6, 6.07) is 6.98. The Morgan fingerprint density at radius 3 is 2.64 bits per heavy atom. The highest BCUT2D eigenvalue weighted by atomic mass is 32.2. The van der Waals surface area contributed by atoms with Crippen molar-refractivity contribution in [2.24, 2.45) is 0 Å². The maximum absolute atomic E-state index is 14.9. The summed E-state index contributed by atoms with van der Waals surface area (Å²) < 4.78 is 55.2. The van der Waals surface area contributed by atoms with E-state index in [1.54, 1.807) is 37.5 Å². The zero-order valence-electron chi connectivity index (χ0n) is 17.5. The van der Waals surface area contributed by atoms with Crippen LogP contribution in [0.15, 0.2) is 48.9 Å². The first-order chi connectivity index (χ1) is 15.8. The SMILES string of the molecule is CCCS(=O)(=O)Nc1ccc(F)c(C(=O)Cc2cnc3nc(-c4ccncc4)[nH]c3c2)c1F. The second-order valence-electron chi connectivity index (χ2n) is 7.34. The highest BCUT2D eigenvalue weighted by molar-refractivity contribution is 7.92. The Morgan fingerprint density at radius 2 is 1.91 bits per heavy atom. The van der Waals surface area contributed by atoms with E-state index in [0.29, 0.717) is 29.0 Å². The van der Waals surface area contributed by atoms with Crippen molar-refractivity contribution >= 4 is 32.7 Å². The first-order valence-electron chi connectivity index (χ1n) is 10.0. The lowest BCUT2D eigenvalue weighted by molar-refractivity contribution is 0.0985. The van der Waals surface area contributed by atoms with Crippen molar-refractivity contribution in [3.05, 3.63) is 71.7 Å². The van der Waals surface area contributed by atoms with Crippen molar-refractivity contribution in [2.45, 2.75) is 19.8 Å². The molecule has 0 atom stereocenters. The molecule has 4 aromatic rings. The number of benzene rings is 1. The Hall–Kier alpha value is -3.73. The van der Waals surface area contributed by atoms with Gasteiger partial charge in [0, 0.05) is 30.6 Å². The average molecular weight is 471 g/mol. The Morgan fingerprint density at radius 1 is 1.15 bits per heavy atom. The Bertz CT molecular complexity index is 1440. The highest BCUT2D eigenvalue weighted by Crippen LogP contribution is 2.25. The smallest absolute Gasteiger partial charge is 0.232 e. The van der Waals surface area contributed by atoms with E-state index in [-0.39, 0.29) is 12.2 Å². The molecule has 3 heterocycles. The van der Waals surface area contributed by atoms with Crippen LogP contribution in [0.5, 0.6) is 0 Å². The molecule has 11 heteroatoms. The maximum Gasteiger partial charge on any atom is 0.232 e. The number of halogens is 2. The molecule has 1 aromatic carbocycles. The molecule has 0 radical (unpaired) electrons. The molecule has 0 saturated carbocycles. The van der Waals surface area contributed by atoms with Crippen molar-refractivity contribution in [1.29, 1.82) is 0 Å². The number of carbonyl (C=O) groups excluding carboxylic acids is 1. The monoisotopic (exact) mass is 471 g/mol. The molecule has 0 saturated heterocycles. The summed E-state index contributed by atoms with van der Waals surface area (Å²) in [5.74, 6) is -2.85. The van der Waals surface area contributed by atoms with Gasteiger partial charge in [0.15, 0.2) is 17.2 Å². The predicted octanol–water partition coefficient (Wildman–Crippen LogP) is 3.88. The van der Waals surface area contributed by atoms with E-state index in [2.05, 4.69) is 24.7 Å². The van der Waals surface area contributed by atoms with Gasteiger partial charge in [-0.25, -0.2) is 27.2 Å². The molecule has 2 N–H and O–H groups in total. The summed E-state index contributed by atoms with van der Waals surface area (Å²) in [5.41, 5.74) is 0.892. The number of H-pyrrole nitrogens is 1. The number of hydrogen-bond acceptors (Lipinski definition) is 6. The normalized spacial score (nSPS) is 11.6. The summed E-state index contributed by atoms with van der Waals surface area (Å²) in [7, 11) is -3.82. The van der Waals surface area contributed by atoms with Crippen LogP contribution in [0.25, 0.3) is 22.6 Å². The summed E-state index contributed by atoms with van der Waals surface area (Å²) >= 11 is 0. The van der Waals surface area contributed by atoms with Crippen LogP contribution in [0.1, 0.15) is 29.3 Å². The Balaban J connectivity index is 1.61. The number of sulfonamides is 1. The minimum atomic E-state index is -3.82. The van der Waals surface area contributed by atoms with Crippen molar-refractivity contribution in [3.8, 4) is 11.4 Å². The van der Waals surface area contributed by atoms with E-state index >= 15 is 0 Å². The minimum Gasteiger partial charge on any atom is -0.337 e. The van der Waals surface area contributed by atoms with Crippen molar-refractivity contribution in [1.82, 2.24) is 19.9 Å². The van der Waals surface area contributed by atoms with Crippen LogP contribution < -0.4 is 4.72 Å². The van der Waals surface area contributed by atoms with E-state index in [0.717, 1.165) is 17.7 Å². The fourth-order valence-corrected chi connectivity index (χ4v) is 4.47. The van der Waals surface area contributed by atoms with Crippen molar-refractivity contribution in [2.75, 3.05) is 10.5 Å². The van der Waals surface area contributed by atoms with Crippen LogP contribution in [-0.2, 0) is 16.4 Å². The lowest BCUT2D eigenvalue weighted by atomic mass is 10.0. The van der Waals surface area contributed by atoms with Crippen LogP contribution in [0.2, 0.25) is 0 Å². The van der Waals surface area contributed by atoms with Crippen molar-refractivity contribution < 1.29 is 22.0 Å². The number of ketones is 1. The zero-order valence-corrected chi connectivity index (χ0v) is 18.3. The molecule has 33 heavy (non-hydrogen) atoms. The van der Waals surface area contributed by atoms with Gasteiger partial charge in [0.2, 0.25) is 10.0 Å². The van der Waals surface area contributed by atoms with Gasteiger partial charge >= 0.3 is 0 Å². The van der Waals surface area contributed by atoms with Gasteiger partial charge in [-0.1, -0.05) is 6.92 Å². The van der Waals surface area contributed by atoms with Crippen LogP contribution in [0.3, 0.4) is 0 Å². The summed E-state index contributed by atoms with van der Waals surface area (Å²) in [5, 5.41) is 0. The fourth-order valence-electron chi connectivity index (χ4n) is 3.33. The minimum absolute atomic E-state index is 0.232. The van der Waals surface area contributed by atoms with Crippen molar-refractivity contribution in [3.63, 3.8) is 0 Å². The predicted molar refractivity (Wildman–Crippen MR) is 119 cm³/mol. The first kappa shape index (κ1) is 22.5. The summed E-state index contributed by atoms with van der Waals surface area (Å²) in [6.45, 7) is 1.65. The fraction of sp³-hybridized carbons (Fsp3) is 0.182. The van der Waals surface area contributed by atoms with Gasteiger partial charge in [0.25, 0.3) is 0 Å². The van der Waals surface area contributed by atoms with Gasteiger partial charge in [-0.05, 0) is 42.3 Å². The maximum atomic E-state index is 14.9. The lowest BCUT2D eigenvalue weighted by Gasteiger charge is -2.11. The number of carbonyl (C=O) groups is 1. The molecule has 0 aliphatic heterocycles. The van der Waals surface area contributed by atoms with Gasteiger partial charge in [-0.2, -0.15) is 0 Å². The Labute approximate surface area is 188 Å². The second kappa shape index (κ2) is 9.02. The quantitative estimate of drug-likeness (QED) is 0.377. The third-order valence-corrected chi connectivity index (χ3v) is 6.30. The molecule has 0 bridgehead atoms. The Kier molecular flexibility index (Phi) is 6.14. The number of fused-ring (bicyclic) bond motifs is 1. The molecule has 4 rings (SSSR count). The molecule has 0 aliphatic carbocycles. The van der Waals surface area contributed by atoms with E-state index in [9.17, 15) is 22.0 Å². The molecule has 8 nitrogen and oxygen atoms in total. The molecule has 0 fully saturated rings. The number of pyridine rings is 2. The number of aromatic nitrogens is 4. The molecule has 0 aliphatic rings. The van der Waals surface area contributed by atoms with Crippen LogP contribution in [-0.4, -0.2) is 39.9 Å². The first-order valence-corrected chi connectivity index (χ1v) is 11.7. The number of hydrogen-bond donors (Lipinski definition) is 2. The molecular formula is C22H19F2N5O3S. The molecule has 0 spiro atoms. The summed E-state index contributed by atoms with van der Waals surface area (Å²) in [4.78, 5) is 28.4. The van der Waals surface area contributed by atoms with E-state index in [1.165, 1.54) is 6.20 Å². The van der Waals surface area contributed by atoms with Gasteiger partial charge < -0.3 is 4.98 Å². The zero-order chi connectivity index (χ0) is 23.6. The van der Waals surface area contributed by atoms with Gasteiger partial charge in [-0.15, -0.1) is 0 Å². The molecule has 3 aromatic heterocycles. The number of nitrogens with zero attached hydrogens (tertiary/aromatic N) is 3. The standard InChI is InChI=1S/C22H19F2N5O3S/c1-2-9-33(31,32)29-16-4-3-15(23)19(20(16)24)18(30)11-13-10-17-22(26-12-13)28-21(27-17)14-5-7-25-8-6-14/h3-8,10,12,29H,2,9,11H2,1H3,(H,26,27,28). The number of aromatic amines is 1. The van der Waals surface area contributed by atoms with Crippen LogP contribution >= 0.6 is 0 Å². The molecule has 170 valence electrons. The lowest BCUT2D eigenvalue weighted by Crippen LogP contribution is -2.19. The van der Waals surface area contributed by atoms with Gasteiger partial charge in [0.1, 0.15) is 11.6 Å². The number of anilines is 1. The third-order valence-electron chi connectivity index (χ3n) is 4.82. The third kappa shape index (κ3) is 4.87. The number of Topliss-reactive ketones (excluding diaryl/α,β-unsaturated/α-hetero) is 1. The van der Waals surface area contributed by atoms with Gasteiger partial charge in [0.05, 0.1) is 22.5 Å². The topological polar surface area (TPSA) is 118 Å². The second-order valence-corrected chi connectivity index (χ2v) is 9.18. The van der Waals surface area contributed by atoms with Crippen LogP contribution in [0, 0.1) is 11.6 Å². The number of nitrogens with one attached hydrogen (secondary N) is 2. The highest BCUT2D eigenvalue weighted by Gasteiger charge is 2.23. The largest absolute Gasteiger partial charge is 0.337 e. The molecular weight excluding hydrogens is 452 g/mol. The van der Waals surface area contributed by atoms with E-state index in [1.807, 2.05) is 0 Å².